The highest BCUT2D eigenvalue weighted by Gasteiger charge is 2.65. The molecule has 0 spiro atoms. The Kier molecular flexibility index (Phi) is 1.79. The van der Waals surface area contributed by atoms with Gasteiger partial charge in [0.25, 0.3) is 11.8 Å². The smallest absolute Gasteiger partial charge is 0.258 e. The summed E-state index contributed by atoms with van der Waals surface area (Å²) < 4.78 is 0. The minimum Gasteiger partial charge on any atom is -0.285 e. The van der Waals surface area contributed by atoms with Crippen LogP contribution in [-0.4, -0.2) is 45.8 Å². The summed E-state index contributed by atoms with van der Waals surface area (Å²) in [4.78, 5) is 47.8. The number of carbonyl (C=O) groups is 4. The monoisotopic (exact) mass is 238 g/mol. The van der Waals surface area contributed by atoms with Crippen molar-refractivity contribution < 1.29 is 24.4 Å². The van der Waals surface area contributed by atoms with E-state index in [2.05, 4.69) is 0 Å². The Morgan fingerprint density at radius 1 is 0.941 bits per heavy atom. The third-order valence-electron chi connectivity index (χ3n) is 4.05. The number of carbonyl (C=O) groups excluding carboxylic acids is 4. The molecule has 2 saturated heterocycles. The number of amides is 4. The minimum atomic E-state index is -0.862. The van der Waals surface area contributed by atoms with Crippen LogP contribution in [0, 0.1) is 23.7 Å². The first-order valence-corrected chi connectivity index (χ1v) is 5.33. The van der Waals surface area contributed by atoms with Gasteiger partial charge in [0, 0.05) is 7.05 Å². The first-order valence-electron chi connectivity index (χ1n) is 5.33. The van der Waals surface area contributed by atoms with E-state index in [-0.39, 0.29) is 17.4 Å². The zero-order valence-corrected chi connectivity index (χ0v) is 8.99. The molecule has 17 heavy (non-hydrogen) atoms. The molecule has 0 radical (unpaired) electrons. The summed E-state index contributed by atoms with van der Waals surface area (Å²) in [5, 5.41) is 9.32. The molecule has 2 aliphatic heterocycles. The van der Waals surface area contributed by atoms with Crippen LogP contribution >= 0.6 is 0 Å². The third-order valence-corrected chi connectivity index (χ3v) is 4.05. The lowest BCUT2D eigenvalue weighted by molar-refractivity contribution is -0.174. The Morgan fingerprint density at radius 3 is 2.12 bits per heavy atom. The van der Waals surface area contributed by atoms with Crippen molar-refractivity contribution in [3.05, 3.63) is 0 Å². The van der Waals surface area contributed by atoms with Gasteiger partial charge in [-0.25, -0.2) is 0 Å². The number of hydrogen-bond acceptors (Lipinski definition) is 5. The number of hydrogen-bond donors (Lipinski definition) is 1. The molecule has 2 heterocycles. The maximum absolute atomic E-state index is 11.8. The van der Waals surface area contributed by atoms with Crippen molar-refractivity contribution in [3.63, 3.8) is 0 Å². The van der Waals surface area contributed by atoms with Gasteiger partial charge in [-0.1, -0.05) is 0 Å². The van der Waals surface area contributed by atoms with Gasteiger partial charge in [-0.2, -0.15) is 5.06 Å². The standard InChI is InChI=1S/C10H10N2O5/c1-11-7(13)3-2-4-6(5(3)9(11)15)10(16)12(17)8(4)14/h3-6,17H,2H2,1H3. The molecular formula is C10H10N2O5. The van der Waals surface area contributed by atoms with Crippen LogP contribution in [0.15, 0.2) is 0 Å². The molecule has 90 valence electrons. The van der Waals surface area contributed by atoms with E-state index in [1.807, 2.05) is 0 Å². The lowest BCUT2D eigenvalue weighted by atomic mass is 9.89. The first kappa shape index (κ1) is 10.4. The highest BCUT2D eigenvalue weighted by molar-refractivity contribution is 6.12. The van der Waals surface area contributed by atoms with E-state index >= 15 is 0 Å². The second kappa shape index (κ2) is 2.92. The Morgan fingerprint density at radius 2 is 1.47 bits per heavy atom. The maximum Gasteiger partial charge on any atom is 0.258 e. The summed E-state index contributed by atoms with van der Waals surface area (Å²) >= 11 is 0. The molecule has 7 nitrogen and oxygen atoms in total. The van der Waals surface area contributed by atoms with Gasteiger partial charge < -0.3 is 0 Å². The van der Waals surface area contributed by atoms with E-state index in [4.69, 9.17) is 0 Å². The molecule has 1 aliphatic carbocycles. The first-order chi connectivity index (χ1) is 7.95. The molecule has 1 saturated carbocycles. The lowest BCUT2D eigenvalue weighted by Crippen LogP contribution is -2.33. The maximum atomic E-state index is 11.8. The summed E-state index contributed by atoms with van der Waals surface area (Å²) in [6, 6.07) is 0. The largest absolute Gasteiger partial charge is 0.285 e. The van der Waals surface area contributed by atoms with Crippen molar-refractivity contribution >= 4 is 23.6 Å². The minimum absolute atomic E-state index is 0.0849. The zero-order valence-electron chi connectivity index (χ0n) is 8.99. The van der Waals surface area contributed by atoms with Gasteiger partial charge in [0.2, 0.25) is 11.8 Å². The average molecular weight is 238 g/mol. The Balaban J connectivity index is 2.03. The molecule has 0 bridgehead atoms. The van der Waals surface area contributed by atoms with E-state index in [9.17, 15) is 24.4 Å². The molecule has 4 amide bonds. The van der Waals surface area contributed by atoms with Gasteiger partial charge in [0.15, 0.2) is 0 Å². The van der Waals surface area contributed by atoms with Gasteiger partial charge in [0.05, 0.1) is 23.7 Å². The van der Waals surface area contributed by atoms with Crippen molar-refractivity contribution in [2.45, 2.75) is 6.42 Å². The molecule has 1 N–H and O–H groups in total. The topological polar surface area (TPSA) is 95.0 Å². The molecule has 3 aliphatic rings. The summed E-state index contributed by atoms with van der Waals surface area (Å²) in [6.07, 6.45) is 0.173. The molecule has 4 atom stereocenters. The molecule has 0 aromatic heterocycles. The second-order valence-electron chi connectivity index (χ2n) is 4.72. The normalized spacial score (nSPS) is 40.4. The lowest BCUT2D eigenvalue weighted by Gasteiger charge is -2.12. The fourth-order valence-corrected chi connectivity index (χ4v) is 3.22. The highest BCUT2D eigenvalue weighted by Crippen LogP contribution is 2.50. The van der Waals surface area contributed by atoms with Crippen LogP contribution in [0.1, 0.15) is 6.42 Å². The molecule has 3 fully saturated rings. The van der Waals surface area contributed by atoms with Crippen molar-refractivity contribution in [1.82, 2.24) is 9.96 Å². The molecular weight excluding hydrogens is 228 g/mol. The van der Waals surface area contributed by atoms with E-state index < -0.39 is 41.4 Å². The predicted molar refractivity (Wildman–Crippen MR) is 50.0 cm³/mol. The average Bonchev–Trinajstić information content (AvgIpc) is 2.86. The number of hydroxylamine groups is 2. The molecule has 7 heteroatoms. The Labute approximate surface area is 95.9 Å². The van der Waals surface area contributed by atoms with Gasteiger partial charge >= 0.3 is 0 Å². The third kappa shape index (κ3) is 0.998. The second-order valence-corrected chi connectivity index (χ2v) is 4.72. The summed E-state index contributed by atoms with van der Waals surface area (Å²) in [7, 11) is 1.37. The van der Waals surface area contributed by atoms with Gasteiger partial charge in [0.1, 0.15) is 0 Å². The van der Waals surface area contributed by atoms with E-state index in [1.165, 1.54) is 7.05 Å². The van der Waals surface area contributed by atoms with Gasteiger partial charge in [-0.3, -0.25) is 29.3 Å². The molecule has 0 aromatic rings. The number of nitrogens with zero attached hydrogens (tertiary/aromatic N) is 2. The summed E-state index contributed by atoms with van der Waals surface area (Å²) in [6.45, 7) is 0. The number of likely N-dealkylation sites (tertiary alicyclic amines) is 1. The van der Waals surface area contributed by atoms with E-state index in [0.717, 1.165) is 4.90 Å². The Hall–Kier alpha value is -1.76. The highest BCUT2D eigenvalue weighted by atomic mass is 16.5. The van der Waals surface area contributed by atoms with Crippen LogP contribution in [-0.2, 0) is 19.2 Å². The van der Waals surface area contributed by atoms with Crippen LogP contribution in [0.3, 0.4) is 0 Å². The molecule has 0 aromatic carbocycles. The summed E-state index contributed by atoms with van der Waals surface area (Å²) in [5.41, 5.74) is 0. The molecule has 3 rings (SSSR count). The van der Waals surface area contributed by atoms with Crippen molar-refractivity contribution in [2.75, 3.05) is 7.05 Å². The van der Waals surface area contributed by atoms with Crippen LogP contribution in [0.5, 0.6) is 0 Å². The van der Waals surface area contributed by atoms with Crippen molar-refractivity contribution in [3.8, 4) is 0 Å². The van der Waals surface area contributed by atoms with Crippen LogP contribution in [0.4, 0.5) is 0 Å². The predicted octanol–water partition coefficient (Wildman–Crippen LogP) is -1.39. The van der Waals surface area contributed by atoms with Crippen LogP contribution in [0.25, 0.3) is 0 Å². The molecule has 4 unspecified atom stereocenters. The SMILES string of the molecule is CN1C(=O)C2CC3C(=O)N(O)C(=O)C3C2C1=O. The van der Waals surface area contributed by atoms with Crippen molar-refractivity contribution in [1.29, 1.82) is 0 Å². The Bertz CT molecular complexity index is 431. The fourth-order valence-electron chi connectivity index (χ4n) is 3.22. The fraction of sp³-hybridized carbons (Fsp3) is 0.600. The van der Waals surface area contributed by atoms with Crippen molar-refractivity contribution in [2.24, 2.45) is 23.7 Å². The summed E-state index contributed by atoms with van der Waals surface area (Å²) in [5.74, 6) is -5.15. The van der Waals surface area contributed by atoms with Crippen LogP contribution in [0.2, 0.25) is 0 Å². The number of rotatable bonds is 0. The zero-order chi connectivity index (χ0) is 12.5. The van der Waals surface area contributed by atoms with E-state index in [0.29, 0.717) is 0 Å². The van der Waals surface area contributed by atoms with Crippen LogP contribution < -0.4 is 0 Å². The van der Waals surface area contributed by atoms with E-state index in [1.54, 1.807) is 0 Å². The number of imide groups is 2. The quantitative estimate of drug-likeness (QED) is 0.414. The van der Waals surface area contributed by atoms with Gasteiger partial charge in [-0.15, -0.1) is 0 Å². The number of fused-ring (bicyclic) bond motifs is 3. The van der Waals surface area contributed by atoms with Gasteiger partial charge in [-0.05, 0) is 6.42 Å².